The largest absolute Gasteiger partial charge is 0.306 e. The van der Waals surface area contributed by atoms with Gasteiger partial charge in [-0.15, -0.1) is 0 Å². The summed E-state index contributed by atoms with van der Waals surface area (Å²) in [6, 6.07) is 0. The number of allylic oxidation sites excluding steroid dienone is 3. The zero-order valence-corrected chi connectivity index (χ0v) is 6.97. The second-order valence-corrected chi connectivity index (χ2v) is 3.19. The normalized spacial score (nSPS) is 18.3. The first-order valence-electron chi connectivity index (χ1n) is 3.07. The maximum Gasteiger partial charge on any atom is 0.159 e. The topological polar surface area (TPSA) is 37.3 Å². The van der Waals surface area contributed by atoms with Crippen LogP contribution in [-0.4, -0.2) is 14.0 Å². The number of hydrogen-bond donors (Lipinski definition) is 1. The summed E-state index contributed by atoms with van der Waals surface area (Å²) in [5.74, 6) is 0. The first-order chi connectivity index (χ1) is 4.68. The van der Waals surface area contributed by atoms with E-state index < -0.39 is 11.1 Å². The highest BCUT2D eigenvalue weighted by molar-refractivity contribution is 7.80. The molecule has 0 spiro atoms. The third-order valence-corrected chi connectivity index (χ3v) is 1.80. The van der Waals surface area contributed by atoms with E-state index in [4.69, 9.17) is 4.55 Å². The van der Waals surface area contributed by atoms with E-state index in [0.717, 1.165) is 0 Å². The highest BCUT2D eigenvalue weighted by atomic mass is 32.2. The van der Waals surface area contributed by atoms with Crippen LogP contribution in [0.3, 0.4) is 0 Å². The van der Waals surface area contributed by atoms with Crippen LogP contribution in [0.4, 0.5) is 0 Å². The third kappa shape index (κ3) is 4.47. The zero-order chi connectivity index (χ0) is 7.98. The SMILES string of the molecule is C/C=C\C=C/C(C)S(=O)O. The summed E-state index contributed by atoms with van der Waals surface area (Å²) in [4.78, 5) is 0. The van der Waals surface area contributed by atoms with E-state index in [1.807, 2.05) is 19.1 Å². The van der Waals surface area contributed by atoms with Crippen molar-refractivity contribution in [3.05, 3.63) is 24.3 Å². The van der Waals surface area contributed by atoms with Crippen molar-refractivity contribution in [2.24, 2.45) is 0 Å². The number of rotatable bonds is 3. The van der Waals surface area contributed by atoms with Crippen LogP contribution >= 0.6 is 0 Å². The lowest BCUT2D eigenvalue weighted by molar-refractivity contribution is 0.559. The van der Waals surface area contributed by atoms with Gasteiger partial charge in [0.1, 0.15) is 0 Å². The molecule has 0 saturated carbocycles. The quantitative estimate of drug-likeness (QED) is 0.504. The van der Waals surface area contributed by atoms with Gasteiger partial charge < -0.3 is 4.55 Å². The Kier molecular flexibility index (Phi) is 5.16. The minimum atomic E-state index is -1.73. The molecule has 0 aromatic rings. The van der Waals surface area contributed by atoms with E-state index in [0.29, 0.717) is 0 Å². The fraction of sp³-hybridized carbons (Fsp3) is 0.429. The van der Waals surface area contributed by atoms with Gasteiger partial charge in [0, 0.05) is 0 Å². The summed E-state index contributed by atoms with van der Waals surface area (Å²) in [6.07, 6.45) is 7.14. The van der Waals surface area contributed by atoms with Gasteiger partial charge in [-0.2, -0.15) is 0 Å². The second kappa shape index (κ2) is 5.38. The molecule has 0 radical (unpaired) electrons. The van der Waals surface area contributed by atoms with Crippen LogP contribution in [0.15, 0.2) is 24.3 Å². The Morgan fingerprint density at radius 3 is 2.50 bits per heavy atom. The predicted octanol–water partition coefficient (Wildman–Crippen LogP) is 1.73. The molecule has 3 heteroatoms. The highest BCUT2D eigenvalue weighted by Crippen LogP contribution is 1.93. The van der Waals surface area contributed by atoms with Gasteiger partial charge >= 0.3 is 0 Å². The molecule has 2 nitrogen and oxygen atoms in total. The van der Waals surface area contributed by atoms with Gasteiger partial charge in [-0.25, -0.2) is 4.21 Å². The summed E-state index contributed by atoms with van der Waals surface area (Å²) in [7, 11) is 0. The Hall–Kier alpha value is -0.410. The van der Waals surface area contributed by atoms with Crippen molar-refractivity contribution in [3.8, 4) is 0 Å². The molecule has 2 unspecified atom stereocenters. The molecule has 0 aliphatic carbocycles. The van der Waals surface area contributed by atoms with Crippen molar-refractivity contribution < 1.29 is 8.76 Å². The van der Waals surface area contributed by atoms with Crippen LogP contribution in [-0.2, 0) is 11.1 Å². The summed E-state index contributed by atoms with van der Waals surface area (Å²) in [6.45, 7) is 3.58. The minimum absolute atomic E-state index is 0.281. The third-order valence-electron chi connectivity index (χ3n) is 1.00. The molecule has 10 heavy (non-hydrogen) atoms. The molecule has 0 aromatic carbocycles. The molecule has 0 saturated heterocycles. The second-order valence-electron chi connectivity index (χ2n) is 1.89. The molecule has 0 fully saturated rings. The smallest absolute Gasteiger partial charge is 0.159 e. The molecular formula is C7H12O2S. The van der Waals surface area contributed by atoms with E-state index in [9.17, 15) is 4.21 Å². The Morgan fingerprint density at radius 1 is 1.50 bits per heavy atom. The zero-order valence-electron chi connectivity index (χ0n) is 6.15. The maximum absolute atomic E-state index is 10.3. The molecule has 1 N–H and O–H groups in total. The Balaban J connectivity index is 3.77. The van der Waals surface area contributed by atoms with Crippen molar-refractivity contribution in [1.82, 2.24) is 0 Å². The molecule has 0 amide bonds. The molecule has 0 heterocycles. The maximum atomic E-state index is 10.3. The van der Waals surface area contributed by atoms with Crippen molar-refractivity contribution in [1.29, 1.82) is 0 Å². The molecule has 58 valence electrons. The van der Waals surface area contributed by atoms with Gasteiger partial charge in [-0.05, 0) is 13.8 Å². The van der Waals surface area contributed by atoms with Crippen molar-refractivity contribution >= 4 is 11.1 Å². The minimum Gasteiger partial charge on any atom is -0.306 e. The van der Waals surface area contributed by atoms with Gasteiger partial charge in [0.2, 0.25) is 0 Å². The standard InChI is InChI=1S/C7H12O2S/c1-3-4-5-6-7(2)10(8)9/h3-7H,1-2H3,(H,8,9)/b4-3-,6-5-. The predicted molar refractivity (Wildman–Crippen MR) is 44.2 cm³/mol. The van der Waals surface area contributed by atoms with Crippen molar-refractivity contribution in [3.63, 3.8) is 0 Å². The van der Waals surface area contributed by atoms with Gasteiger partial charge in [-0.3, -0.25) is 0 Å². The molecule has 0 aliphatic heterocycles. The van der Waals surface area contributed by atoms with Crippen molar-refractivity contribution in [2.45, 2.75) is 19.1 Å². The molecule has 0 aromatic heterocycles. The summed E-state index contributed by atoms with van der Waals surface area (Å²) in [5, 5.41) is -0.281. The fourth-order valence-electron chi connectivity index (χ4n) is 0.399. The number of hydrogen-bond acceptors (Lipinski definition) is 1. The molecular weight excluding hydrogens is 148 g/mol. The highest BCUT2D eigenvalue weighted by Gasteiger charge is 2.00. The Labute approximate surface area is 63.9 Å². The van der Waals surface area contributed by atoms with Gasteiger partial charge in [0.05, 0.1) is 5.25 Å². The summed E-state index contributed by atoms with van der Waals surface area (Å²) < 4.78 is 18.8. The van der Waals surface area contributed by atoms with Crippen LogP contribution in [0, 0.1) is 0 Å². The average Bonchev–Trinajstić information content (AvgIpc) is 1.88. The Morgan fingerprint density at radius 2 is 2.10 bits per heavy atom. The molecule has 0 rings (SSSR count). The van der Waals surface area contributed by atoms with Crippen LogP contribution in [0.25, 0.3) is 0 Å². The molecule has 2 atom stereocenters. The van der Waals surface area contributed by atoms with Crippen LogP contribution < -0.4 is 0 Å². The molecule has 0 aliphatic rings. The lowest BCUT2D eigenvalue weighted by atomic mass is 10.4. The first kappa shape index (κ1) is 9.59. The first-order valence-corrected chi connectivity index (χ1v) is 4.24. The van der Waals surface area contributed by atoms with Crippen LogP contribution in [0.1, 0.15) is 13.8 Å². The van der Waals surface area contributed by atoms with E-state index in [1.54, 1.807) is 19.1 Å². The lowest BCUT2D eigenvalue weighted by Crippen LogP contribution is -2.04. The van der Waals surface area contributed by atoms with Gasteiger partial charge in [-0.1, -0.05) is 24.3 Å². The van der Waals surface area contributed by atoms with E-state index in [1.165, 1.54) is 0 Å². The molecule has 0 bridgehead atoms. The van der Waals surface area contributed by atoms with Crippen LogP contribution in [0.5, 0.6) is 0 Å². The summed E-state index contributed by atoms with van der Waals surface area (Å²) >= 11 is -1.73. The fourth-order valence-corrected chi connectivity index (χ4v) is 0.624. The van der Waals surface area contributed by atoms with Crippen molar-refractivity contribution in [2.75, 3.05) is 0 Å². The van der Waals surface area contributed by atoms with Gasteiger partial charge in [0.25, 0.3) is 0 Å². The lowest BCUT2D eigenvalue weighted by Gasteiger charge is -1.95. The van der Waals surface area contributed by atoms with Crippen LogP contribution in [0.2, 0.25) is 0 Å². The van der Waals surface area contributed by atoms with Gasteiger partial charge in [0.15, 0.2) is 11.1 Å². The monoisotopic (exact) mass is 160 g/mol. The summed E-state index contributed by atoms with van der Waals surface area (Å²) in [5.41, 5.74) is 0. The van der Waals surface area contributed by atoms with E-state index in [-0.39, 0.29) is 5.25 Å². The van der Waals surface area contributed by atoms with E-state index >= 15 is 0 Å². The Bertz CT molecular complexity index is 161. The average molecular weight is 160 g/mol. The van der Waals surface area contributed by atoms with E-state index in [2.05, 4.69) is 0 Å².